The molecule has 1 aromatic carbocycles. The normalized spacial score (nSPS) is 22.9. The number of nitrogens with one attached hydrogen (secondary N) is 2. The fraction of sp³-hybridized carbons (Fsp3) is 0.667. The van der Waals surface area contributed by atoms with E-state index in [9.17, 15) is 4.79 Å². The van der Waals surface area contributed by atoms with Crippen LogP contribution in [-0.4, -0.2) is 18.0 Å². The topological polar surface area (TPSA) is 41.1 Å². The number of rotatable bonds is 5. The standard InChI is InChI=1S/C21H32N2O/c1-15(2)19(12-16-8-4-3-5-9-16)23-21(24)20-13-17-10-6-7-11-18(17)14-22-20/h6-7,10-11,15-16,19-20,22H,3-5,8-9,12-14H2,1-2H3,(H,23,24)/t19-,20-/m1/s1. The summed E-state index contributed by atoms with van der Waals surface area (Å²) in [5, 5.41) is 6.77. The van der Waals surface area contributed by atoms with Crippen LogP contribution >= 0.6 is 0 Å². The Bertz CT molecular complexity index is 549. The Hall–Kier alpha value is -1.35. The summed E-state index contributed by atoms with van der Waals surface area (Å²) < 4.78 is 0. The summed E-state index contributed by atoms with van der Waals surface area (Å²) in [5.41, 5.74) is 2.63. The molecule has 0 spiro atoms. The molecule has 0 bridgehead atoms. The van der Waals surface area contributed by atoms with Crippen LogP contribution in [0.5, 0.6) is 0 Å². The van der Waals surface area contributed by atoms with E-state index in [0.29, 0.717) is 12.0 Å². The van der Waals surface area contributed by atoms with Crippen molar-refractivity contribution in [3.63, 3.8) is 0 Å². The van der Waals surface area contributed by atoms with Crippen molar-refractivity contribution in [3.8, 4) is 0 Å². The SMILES string of the molecule is CC(C)[C@@H](CC1CCCCC1)NC(=O)[C@H]1Cc2ccccc2CN1. The fourth-order valence-electron chi connectivity index (χ4n) is 4.20. The largest absolute Gasteiger partial charge is 0.352 e. The first-order valence-electron chi connectivity index (χ1n) is 9.74. The number of amides is 1. The van der Waals surface area contributed by atoms with E-state index in [-0.39, 0.29) is 11.9 Å². The Labute approximate surface area is 146 Å². The number of hydrogen-bond donors (Lipinski definition) is 2. The molecule has 1 fully saturated rings. The molecule has 3 rings (SSSR count). The summed E-state index contributed by atoms with van der Waals surface area (Å²) in [6.07, 6.45) is 8.75. The van der Waals surface area contributed by atoms with E-state index >= 15 is 0 Å². The number of benzene rings is 1. The summed E-state index contributed by atoms with van der Waals surface area (Å²) in [6.45, 7) is 5.26. The number of carbonyl (C=O) groups excluding carboxylic acids is 1. The molecule has 1 aromatic rings. The molecule has 0 saturated heterocycles. The fourth-order valence-corrected chi connectivity index (χ4v) is 4.20. The number of fused-ring (bicyclic) bond motifs is 1. The minimum absolute atomic E-state index is 0.0903. The van der Waals surface area contributed by atoms with E-state index in [0.717, 1.165) is 25.3 Å². The van der Waals surface area contributed by atoms with E-state index in [1.54, 1.807) is 0 Å². The second-order valence-electron chi connectivity index (χ2n) is 8.01. The first-order valence-corrected chi connectivity index (χ1v) is 9.74. The van der Waals surface area contributed by atoms with Crippen LogP contribution < -0.4 is 10.6 Å². The van der Waals surface area contributed by atoms with Crippen LogP contribution in [0.4, 0.5) is 0 Å². The van der Waals surface area contributed by atoms with Gasteiger partial charge in [-0.3, -0.25) is 4.79 Å². The van der Waals surface area contributed by atoms with E-state index in [2.05, 4.69) is 48.7 Å². The van der Waals surface area contributed by atoms with Gasteiger partial charge in [-0.25, -0.2) is 0 Å². The van der Waals surface area contributed by atoms with E-state index in [1.165, 1.54) is 43.2 Å². The maximum atomic E-state index is 12.8. The van der Waals surface area contributed by atoms with Gasteiger partial charge in [0, 0.05) is 12.6 Å². The lowest BCUT2D eigenvalue weighted by Gasteiger charge is -2.32. The molecule has 0 radical (unpaired) electrons. The molecule has 1 heterocycles. The Kier molecular flexibility index (Phi) is 5.94. The van der Waals surface area contributed by atoms with Gasteiger partial charge in [0.1, 0.15) is 0 Å². The molecule has 132 valence electrons. The molecular formula is C21H32N2O. The molecule has 1 saturated carbocycles. The van der Waals surface area contributed by atoms with Gasteiger partial charge in [-0.05, 0) is 35.8 Å². The van der Waals surface area contributed by atoms with Crippen LogP contribution in [0.2, 0.25) is 0 Å². The molecule has 24 heavy (non-hydrogen) atoms. The highest BCUT2D eigenvalue weighted by Crippen LogP contribution is 2.29. The minimum Gasteiger partial charge on any atom is -0.352 e. The zero-order valence-corrected chi connectivity index (χ0v) is 15.2. The van der Waals surface area contributed by atoms with E-state index in [4.69, 9.17) is 0 Å². The van der Waals surface area contributed by atoms with Crippen molar-refractivity contribution in [1.82, 2.24) is 10.6 Å². The number of hydrogen-bond acceptors (Lipinski definition) is 2. The molecule has 3 nitrogen and oxygen atoms in total. The van der Waals surface area contributed by atoms with Gasteiger partial charge in [0.15, 0.2) is 0 Å². The highest BCUT2D eigenvalue weighted by Gasteiger charge is 2.28. The van der Waals surface area contributed by atoms with Crippen molar-refractivity contribution in [1.29, 1.82) is 0 Å². The van der Waals surface area contributed by atoms with Gasteiger partial charge in [-0.1, -0.05) is 70.2 Å². The molecular weight excluding hydrogens is 296 g/mol. The van der Waals surface area contributed by atoms with Crippen molar-refractivity contribution < 1.29 is 4.79 Å². The number of carbonyl (C=O) groups is 1. The van der Waals surface area contributed by atoms with Gasteiger partial charge >= 0.3 is 0 Å². The van der Waals surface area contributed by atoms with E-state index < -0.39 is 0 Å². The van der Waals surface area contributed by atoms with Gasteiger partial charge in [-0.2, -0.15) is 0 Å². The van der Waals surface area contributed by atoms with Crippen molar-refractivity contribution in [2.24, 2.45) is 11.8 Å². The molecule has 2 atom stereocenters. The lowest BCUT2D eigenvalue weighted by atomic mass is 9.82. The average Bonchev–Trinajstić information content (AvgIpc) is 2.61. The highest BCUT2D eigenvalue weighted by atomic mass is 16.2. The summed E-state index contributed by atoms with van der Waals surface area (Å²) in [4.78, 5) is 12.8. The zero-order valence-electron chi connectivity index (χ0n) is 15.2. The Morgan fingerprint density at radius 1 is 1.17 bits per heavy atom. The molecule has 1 aliphatic heterocycles. The summed E-state index contributed by atoms with van der Waals surface area (Å²) in [6, 6.07) is 8.65. The molecule has 0 unspecified atom stereocenters. The van der Waals surface area contributed by atoms with Gasteiger partial charge in [0.25, 0.3) is 0 Å². The van der Waals surface area contributed by atoms with Crippen LogP contribution in [-0.2, 0) is 17.8 Å². The predicted molar refractivity (Wildman–Crippen MR) is 98.7 cm³/mol. The molecule has 3 heteroatoms. The average molecular weight is 329 g/mol. The van der Waals surface area contributed by atoms with Crippen LogP contribution in [0.15, 0.2) is 24.3 Å². The van der Waals surface area contributed by atoms with Crippen LogP contribution in [0, 0.1) is 11.8 Å². The maximum Gasteiger partial charge on any atom is 0.237 e. The monoisotopic (exact) mass is 328 g/mol. The molecule has 0 aromatic heterocycles. The van der Waals surface area contributed by atoms with Crippen molar-refractivity contribution >= 4 is 5.91 Å². The molecule has 1 amide bonds. The smallest absolute Gasteiger partial charge is 0.237 e. The van der Waals surface area contributed by atoms with E-state index in [1.807, 2.05) is 0 Å². The highest BCUT2D eigenvalue weighted by molar-refractivity contribution is 5.82. The van der Waals surface area contributed by atoms with Crippen molar-refractivity contribution in [2.45, 2.75) is 77.4 Å². The molecule has 1 aliphatic carbocycles. The van der Waals surface area contributed by atoms with Crippen LogP contribution in [0.25, 0.3) is 0 Å². The summed E-state index contributed by atoms with van der Waals surface area (Å²) >= 11 is 0. The second kappa shape index (κ2) is 8.15. The third-order valence-electron chi connectivity index (χ3n) is 5.84. The van der Waals surface area contributed by atoms with Gasteiger partial charge in [0.2, 0.25) is 5.91 Å². The third-order valence-corrected chi connectivity index (χ3v) is 5.84. The van der Waals surface area contributed by atoms with Crippen molar-refractivity contribution in [3.05, 3.63) is 35.4 Å². The lowest BCUT2D eigenvalue weighted by Crippen LogP contribution is -2.52. The maximum absolute atomic E-state index is 12.8. The first kappa shape index (κ1) is 17.5. The Morgan fingerprint density at radius 2 is 1.88 bits per heavy atom. The van der Waals surface area contributed by atoms with Crippen LogP contribution in [0.1, 0.15) is 63.5 Å². The van der Waals surface area contributed by atoms with Gasteiger partial charge in [-0.15, -0.1) is 0 Å². The quantitative estimate of drug-likeness (QED) is 0.863. The van der Waals surface area contributed by atoms with Crippen LogP contribution in [0.3, 0.4) is 0 Å². The van der Waals surface area contributed by atoms with Gasteiger partial charge < -0.3 is 10.6 Å². The Balaban J connectivity index is 1.57. The van der Waals surface area contributed by atoms with Gasteiger partial charge in [0.05, 0.1) is 6.04 Å². The molecule has 2 aliphatic rings. The first-order chi connectivity index (χ1) is 11.6. The minimum atomic E-state index is -0.0903. The predicted octanol–water partition coefficient (Wildman–Crippen LogP) is 3.81. The molecule has 2 N–H and O–H groups in total. The lowest BCUT2D eigenvalue weighted by molar-refractivity contribution is -0.124. The summed E-state index contributed by atoms with van der Waals surface area (Å²) in [5.74, 6) is 1.47. The zero-order chi connectivity index (χ0) is 16.9. The third kappa shape index (κ3) is 4.38. The summed E-state index contributed by atoms with van der Waals surface area (Å²) in [7, 11) is 0. The van der Waals surface area contributed by atoms with Crippen molar-refractivity contribution in [2.75, 3.05) is 0 Å². The Morgan fingerprint density at radius 3 is 2.58 bits per heavy atom. The second-order valence-corrected chi connectivity index (χ2v) is 8.01.